The number of piperidine rings is 1. The largest absolute Gasteiger partial charge is 0.357 e. The standard InChI is InChI=1S/C12H19N3/c1-10-4-3-5-12(14-10)15(2)11-6-8-13-9-7-11/h3-5,11,13H,6-9H2,1-2H3. The molecule has 2 rings (SSSR count). The molecule has 0 saturated carbocycles. The maximum Gasteiger partial charge on any atom is 0.128 e. The summed E-state index contributed by atoms with van der Waals surface area (Å²) < 4.78 is 0. The second-order valence-electron chi connectivity index (χ2n) is 4.23. The summed E-state index contributed by atoms with van der Waals surface area (Å²) in [6, 6.07) is 6.85. The fraction of sp³-hybridized carbons (Fsp3) is 0.583. The van der Waals surface area contributed by atoms with E-state index < -0.39 is 0 Å². The normalized spacial score (nSPS) is 17.7. The van der Waals surface area contributed by atoms with Crippen LogP contribution < -0.4 is 10.2 Å². The van der Waals surface area contributed by atoms with Crippen molar-refractivity contribution in [1.29, 1.82) is 0 Å². The van der Waals surface area contributed by atoms with E-state index in [1.807, 2.05) is 13.0 Å². The molecule has 1 aliphatic heterocycles. The number of nitrogens with zero attached hydrogens (tertiary/aromatic N) is 2. The molecule has 0 radical (unpaired) electrons. The molecule has 1 fully saturated rings. The van der Waals surface area contributed by atoms with E-state index in [4.69, 9.17) is 0 Å². The molecule has 2 heterocycles. The van der Waals surface area contributed by atoms with Crippen LogP contribution in [0.2, 0.25) is 0 Å². The SMILES string of the molecule is Cc1cccc(N(C)C2CCNCC2)n1. The minimum Gasteiger partial charge on any atom is -0.357 e. The van der Waals surface area contributed by atoms with Crippen LogP contribution >= 0.6 is 0 Å². The number of nitrogens with one attached hydrogen (secondary N) is 1. The zero-order chi connectivity index (χ0) is 10.7. The fourth-order valence-electron chi connectivity index (χ4n) is 2.11. The molecule has 1 aromatic rings. The lowest BCUT2D eigenvalue weighted by Crippen LogP contribution is -2.41. The second-order valence-corrected chi connectivity index (χ2v) is 4.23. The van der Waals surface area contributed by atoms with Crippen LogP contribution in [-0.4, -0.2) is 31.2 Å². The Kier molecular flexibility index (Phi) is 3.21. The zero-order valence-electron chi connectivity index (χ0n) is 9.53. The van der Waals surface area contributed by atoms with Gasteiger partial charge in [0.1, 0.15) is 5.82 Å². The van der Waals surface area contributed by atoms with Crippen LogP contribution in [0.5, 0.6) is 0 Å². The molecule has 1 saturated heterocycles. The summed E-state index contributed by atoms with van der Waals surface area (Å²) in [6.45, 7) is 4.29. The van der Waals surface area contributed by atoms with E-state index in [0.717, 1.165) is 24.6 Å². The number of anilines is 1. The fourth-order valence-corrected chi connectivity index (χ4v) is 2.11. The Labute approximate surface area is 91.5 Å². The van der Waals surface area contributed by atoms with Crippen LogP contribution in [0.25, 0.3) is 0 Å². The van der Waals surface area contributed by atoms with Crippen molar-refractivity contribution in [1.82, 2.24) is 10.3 Å². The Bertz CT molecular complexity index is 318. The van der Waals surface area contributed by atoms with Gasteiger partial charge in [-0.2, -0.15) is 0 Å². The number of aryl methyl sites for hydroxylation is 1. The van der Waals surface area contributed by atoms with Gasteiger partial charge in [-0.3, -0.25) is 0 Å². The summed E-state index contributed by atoms with van der Waals surface area (Å²) in [6.07, 6.45) is 2.43. The van der Waals surface area contributed by atoms with Gasteiger partial charge in [-0.25, -0.2) is 4.98 Å². The van der Waals surface area contributed by atoms with E-state index in [9.17, 15) is 0 Å². The van der Waals surface area contributed by atoms with Crippen LogP contribution in [0.3, 0.4) is 0 Å². The number of rotatable bonds is 2. The van der Waals surface area contributed by atoms with Crippen molar-refractivity contribution in [2.45, 2.75) is 25.8 Å². The average Bonchev–Trinajstić information content (AvgIpc) is 2.29. The summed E-state index contributed by atoms with van der Waals surface area (Å²) in [5, 5.41) is 3.39. The molecule has 0 aromatic carbocycles. The molecular formula is C12H19N3. The van der Waals surface area contributed by atoms with Crippen molar-refractivity contribution in [3.05, 3.63) is 23.9 Å². The Morgan fingerprint density at radius 2 is 2.07 bits per heavy atom. The summed E-state index contributed by atoms with van der Waals surface area (Å²) in [5.41, 5.74) is 1.09. The predicted octanol–water partition coefficient (Wildman–Crippen LogP) is 1.58. The van der Waals surface area contributed by atoms with Gasteiger partial charge in [-0.05, 0) is 45.0 Å². The van der Waals surface area contributed by atoms with E-state index >= 15 is 0 Å². The Morgan fingerprint density at radius 1 is 1.33 bits per heavy atom. The monoisotopic (exact) mass is 205 g/mol. The Hall–Kier alpha value is -1.09. The molecule has 0 bridgehead atoms. The van der Waals surface area contributed by atoms with Gasteiger partial charge in [0, 0.05) is 18.8 Å². The van der Waals surface area contributed by atoms with Crippen LogP contribution in [-0.2, 0) is 0 Å². The van der Waals surface area contributed by atoms with Gasteiger partial charge in [-0.1, -0.05) is 6.07 Å². The van der Waals surface area contributed by atoms with E-state index in [-0.39, 0.29) is 0 Å². The Balaban J connectivity index is 2.08. The van der Waals surface area contributed by atoms with Gasteiger partial charge in [0.05, 0.1) is 0 Å². The average molecular weight is 205 g/mol. The molecule has 3 heteroatoms. The lowest BCUT2D eigenvalue weighted by Gasteiger charge is -2.32. The lowest BCUT2D eigenvalue weighted by atomic mass is 10.1. The summed E-state index contributed by atoms with van der Waals surface area (Å²) in [5.74, 6) is 1.10. The van der Waals surface area contributed by atoms with Gasteiger partial charge in [0.2, 0.25) is 0 Å². The van der Waals surface area contributed by atoms with Crippen molar-refractivity contribution < 1.29 is 0 Å². The first-order valence-corrected chi connectivity index (χ1v) is 5.64. The first kappa shape index (κ1) is 10.4. The van der Waals surface area contributed by atoms with E-state index in [2.05, 4.69) is 34.4 Å². The minimum absolute atomic E-state index is 0.639. The van der Waals surface area contributed by atoms with Crippen molar-refractivity contribution in [2.75, 3.05) is 25.0 Å². The number of pyridine rings is 1. The summed E-state index contributed by atoms with van der Waals surface area (Å²) >= 11 is 0. The summed E-state index contributed by atoms with van der Waals surface area (Å²) in [7, 11) is 2.15. The van der Waals surface area contributed by atoms with Crippen molar-refractivity contribution in [2.24, 2.45) is 0 Å². The maximum atomic E-state index is 4.55. The maximum absolute atomic E-state index is 4.55. The first-order valence-electron chi connectivity index (χ1n) is 5.64. The third-order valence-electron chi connectivity index (χ3n) is 3.09. The third kappa shape index (κ3) is 2.48. The van der Waals surface area contributed by atoms with E-state index in [1.54, 1.807) is 0 Å². The number of hydrogen-bond acceptors (Lipinski definition) is 3. The molecule has 3 nitrogen and oxygen atoms in total. The topological polar surface area (TPSA) is 28.2 Å². The van der Waals surface area contributed by atoms with Gasteiger partial charge < -0.3 is 10.2 Å². The molecule has 15 heavy (non-hydrogen) atoms. The molecule has 1 aliphatic rings. The van der Waals surface area contributed by atoms with Crippen molar-refractivity contribution in [3.8, 4) is 0 Å². The molecule has 1 aromatic heterocycles. The van der Waals surface area contributed by atoms with Crippen LogP contribution in [0.15, 0.2) is 18.2 Å². The molecule has 0 unspecified atom stereocenters. The van der Waals surface area contributed by atoms with Gasteiger partial charge in [0.25, 0.3) is 0 Å². The highest BCUT2D eigenvalue weighted by atomic mass is 15.2. The van der Waals surface area contributed by atoms with Gasteiger partial charge in [-0.15, -0.1) is 0 Å². The highest BCUT2D eigenvalue weighted by Gasteiger charge is 2.18. The molecule has 0 atom stereocenters. The van der Waals surface area contributed by atoms with Crippen LogP contribution in [0.1, 0.15) is 18.5 Å². The van der Waals surface area contributed by atoms with E-state index in [0.29, 0.717) is 6.04 Å². The van der Waals surface area contributed by atoms with Gasteiger partial charge >= 0.3 is 0 Å². The van der Waals surface area contributed by atoms with Crippen molar-refractivity contribution >= 4 is 5.82 Å². The second kappa shape index (κ2) is 4.62. The highest BCUT2D eigenvalue weighted by Crippen LogP contribution is 2.17. The zero-order valence-corrected chi connectivity index (χ0v) is 9.53. The molecule has 82 valence electrons. The van der Waals surface area contributed by atoms with E-state index in [1.165, 1.54) is 12.8 Å². The van der Waals surface area contributed by atoms with Crippen molar-refractivity contribution in [3.63, 3.8) is 0 Å². The Morgan fingerprint density at radius 3 is 2.73 bits per heavy atom. The third-order valence-corrected chi connectivity index (χ3v) is 3.09. The molecule has 0 spiro atoms. The lowest BCUT2D eigenvalue weighted by molar-refractivity contribution is 0.441. The molecule has 0 aliphatic carbocycles. The minimum atomic E-state index is 0.639. The van der Waals surface area contributed by atoms with Crippen LogP contribution in [0, 0.1) is 6.92 Å². The summed E-state index contributed by atoms with van der Waals surface area (Å²) in [4.78, 5) is 6.87. The molecule has 1 N–H and O–H groups in total. The quantitative estimate of drug-likeness (QED) is 0.794. The first-order chi connectivity index (χ1) is 7.27. The number of aromatic nitrogens is 1. The van der Waals surface area contributed by atoms with Crippen LogP contribution in [0.4, 0.5) is 5.82 Å². The molecular weight excluding hydrogens is 186 g/mol. The predicted molar refractivity (Wildman–Crippen MR) is 63.3 cm³/mol. The molecule has 0 amide bonds. The highest BCUT2D eigenvalue weighted by molar-refractivity contribution is 5.39. The smallest absolute Gasteiger partial charge is 0.128 e. The van der Waals surface area contributed by atoms with Gasteiger partial charge in [0.15, 0.2) is 0 Å². The number of hydrogen-bond donors (Lipinski definition) is 1.